The van der Waals surface area contributed by atoms with Crippen molar-refractivity contribution in [2.24, 2.45) is 23.6 Å². The van der Waals surface area contributed by atoms with E-state index in [1.54, 1.807) is 7.11 Å². The van der Waals surface area contributed by atoms with Gasteiger partial charge in [-0.25, -0.2) is 0 Å². The number of rotatable bonds is 7. The summed E-state index contributed by atoms with van der Waals surface area (Å²) in [6.07, 6.45) is 3.86. The summed E-state index contributed by atoms with van der Waals surface area (Å²) in [6.45, 7) is 6.65. The SMILES string of the molecule is COCCOCC(NN)C1CC(C)CC(C)C1. The van der Waals surface area contributed by atoms with Gasteiger partial charge in [-0.3, -0.25) is 11.3 Å². The third kappa shape index (κ3) is 5.34. The lowest BCUT2D eigenvalue weighted by molar-refractivity contribution is 0.0383. The molecule has 0 bridgehead atoms. The summed E-state index contributed by atoms with van der Waals surface area (Å²) in [5.74, 6) is 7.90. The summed E-state index contributed by atoms with van der Waals surface area (Å²) in [5.41, 5.74) is 2.92. The average molecular weight is 244 g/mol. The number of hydrogen-bond acceptors (Lipinski definition) is 4. The monoisotopic (exact) mass is 244 g/mol. The normalized spacial score (nSPS) is 31.4. The second kappa shape index (κ2) is 8.03. The van der Waals surface area contributed by atoms with Crippen molar-refractivity contribution in [1.29, 1.82) is 0 Å². The average Bonchev–Trinajstić information content (AvgIpc) is 2.28. The van der Waals surface area contributed by atoms with Crippen molar-refractivity contribution in [3.8, 4) is 0 Å². The molecule has 3 atom stereocenters. The van der Waals surface area contributed by atoms with E-state index in [0.29, 0.717) is 25.7 Å². The smallest absolute Gasteiger partial charge is 0.0701 e. The number of hydrazine groups is 1. The van der Waals surface area contributed by atoms with Crippen LogP contribution in [0.5, 0.6) is 0 Å². The fraction of sp³-hybridized carbons (Fsp3) is 1.00. The molecule has 3 unspecified atom stereocenters. The number of nitrogens with one attached hydrogen (secondary N) is 1. The van der Waals surface area contributed by atoms with Gasteiger partial charge in [0.05, 0.1) is 19.8 Å². The molecule has 1 saturated carbocycles. The van der Waals surface area contributed by atoms with Crippen LogP contribution < -0.4 is 11.3 Å². The van der Waals surface area contributed by atoms with Crippen molar-refractivity contribution >= 4 is 0 Å². The van der Waals surface area contributed by atoms with E-state index in [2.05, 4.69) is 19.3 Å². The first-order chi connectivity index (χ1) is 8.17. The number of hydrogen-bond donors (Lipinski definition) is 2. The van der Waals surface area contributed by atoms with Crippen molar-refractivity contribution in [2.75, 3.05) is 26.9 Å². The quantitative estimate of drug-likeness (QED) is 0.405. The lowest BCUT2D eigenvalue weighted by atomic mass is 9.74. The van der Waals surface area contributed by atoms with Crippen LogP contribution in [0.1, 0.15) is 33.1 Å². The molecule has 0 radical (unpaired) electrons. The minimum Gasteiger partial charge on any atom is -0.382 e. The molecule has 1 aliphatic carbocycles. The van der Waals surface area contributed by atoms with Gasteiger partial charge in [-0.1, -0.05) is 13.8 Å². The molecule has 1 rings (SSSR count). The molecule has 102 valence electrons. The van der Waals surface area contributed by atoms with Crippen molar-refractivity contribution in [3.05, 3.63) is 0 Å². The van der Waals surface area contributed by atoms with E-state index in [0.717, 1.165) is 11.8 Å². The Morgan fingerprint density at radius 3 is 2.35 bits per heavy atom. The van der Waals surface area contributed by atoms with Gasteiger partial charge in [0.15, 0.2) is 0 Å². The molecule has 1 fully saturated rings. The topological polar surface area (TPSA) is 56.5 Å². The highest BCUT2D eigenvalue weighted by Gasteiger charge is 2.29. The Labute approximate surface area is 105 Å². The molecule has 1 aliphatic rings. The van der Waals surface area contributed by atoms with E-state index in [1.165, 1.54) is 19.3 Å². The second-order valence-corrected chi connectivity index (χ2v) is 5.52. The molecule has 0 aromatic heterocycles. The van der Waals surface area contributed by atoms with Gasteiger partial charge < -0.3 is 9.47 Å². The first-order valence-electron chi connectivity index (χ1n) is 6.70. The largest absolute Gasteiger partial charge is 0.382 e. The minimum absolute atomic E-state index is 0.275. The first kappa shape index (κ1) is 14.9. The van der Waals surface area contributed by atoms with Crippen molar-refractivity contribution in [1.82, 2.24) is 5.43 Å². The first-order valence-corrected chi connectivity index (χ1v) is 6.70. The van der Waals surface area contributed by atoms with Crippen LogP contribution in [0.3, 0.4) is 0 Å². The van der Waals surface area contributed by atoms with Crippen LogP contribution >= 0.6 is 0 Å². The standard InChI is InChI=1S/C13H28N2O2/c1-10-6-11(2)8-12(7-10)13(15-14)9-17-5-4-16-3/h10-13,15H,4-9,14H2,1-3H3. The van der Waals surface area contributed by atoms with E-state index >= 15 is 0 Å². The Morgan fingerprint density at radius 2 is 1.82 bits per heavy atom. The van der Waals surface area contributed by atoms with Crippen molar-refractivity contribution < 1.29 is 9.47 Å². The maximum Gasteiger partial charge on any atom is 0.0701 e. The minimum atomic E-state index is 0.275. The zero-order valence-electron chi connectivity index (χ0n) is 11.4. The Bertz CT molecular complexity index is 192. The fourth-order valence-corrected chi connectivity index (χ4v) is 3.01. The number of ether oxygens (including phenoxy) is 2. The highest BCUT2D eigenvalue weighted by atomic mass is 16.5. The molecule has 4 heteroatoms. The van der Waals surface area contributed by atoms with E-state index in [4.69, 9.17) is 15.3 Å². The Morgan fingerprint density at radius 1 is 1.18 bits per heavy atom. The van der Waals surface area contributed by atoms with Gasteiger partial charge in [0.25, 0.3) is 0 Å². The van der Waals surface area contributed by atoms with Gasteiger partial charge in [-0.05, 0) is 37.0 Å². The molecule has 0 aromatic carbocycles. The maximum atomic E-state index is 5.65. The molecule has 0 aromatic rings. The van der Waals surface area contributed by atoms with Gasteiger partial charge in [-0.2, -0.15) is 0 Å². The second-order valence-electron chi connectivity index (χ2n) is 5.52. The Balaban J connectivity index is 2.32. The zero-order valence-corrected chi connectivity index (χ0v) is 11.4. The third-order valence-corrected chi connectivity index (χ3v) is 3.73. The van der Waals surface area contributed by atoms with Gasteiger partial charge >= 0.3 is 0 Å². The summed E-state index contributed by atoms with van der Waals surface area (Å²) in [5, 5.41) is 0. The van der Waals surface area contributed by atoms with Crippen LogP contribution in [0.15, 0.2) is 0 Å². The molecular formula is C13H28N2O2. The summed E-state index contributed by atoms with van der Waals surface area (Å²) in [6, 6.07) is 0.275. The third-order valence-electron chi connectivity index (χ3n) is 3.73. The lowest BCUT2D eigenvalue weighted by Gasteiger charge is -2.36. The maximum absolute atomic E-state index is 5.65. The van der Waals surface area contributed by atoms with Crippen LogP contribution in [0.25, 0.3) is 0 Å². The Kier molecular flexibility index (Phi) is 7.04. The highest BCUT2D eigenvalue weighted by molar-refractivity contribution is 4.82. The number of methoxy groups -OCH3 is 1. The molecule has 0 aliphatic heterocycles. The zero-order chi connectivity index (χ0) is 12.7. The molecule has 0 heterocycles. The molecule has 17 heavy (non-hydrogen) atoms. The summed E-state index contributed by atoms with van der Waals surface area (Å²) in [4.78, 5) is 0. The van der Waals surface area contributed by atoms with E-state index < -0.39 is 0 Å². The molecule has 4 nitrogen and oxygen atoms in total. The molecule has 0 saturated heterocycles. The van der Waals surface area contributed by atoms with Crippen molar-refractivity contribution in [3.63, 3.8) is 0 Å². The van der Waals surface area contributed by atoms with Gasteiger partial charge in [0.1, 0.15) is 0 Å². The van der Waals surface area contributed by atoms with Gasteiger partial charge in [0.2, 0.25) is 0 Å². The predicted octanol–water partition coefficient (Wildman–Crippen LogP) is 1.55. The fourth-order valence-electron chi connectivity index (χ4n) is 3.01. The van der Waals surface area contributed by atoms with Crippen LogP contribution in [-0.4, -0.2) is 33.0 Å². The van der Waals surface area contributed by atoms with E-state index in [9.17, 15) is 0 Å². The van der Waals surface area contributed by atoms with Crippen LogP contribution in [-0.2, 0) is 9.47 Å². The lowest BCUT2D eigenvalue weighted by Crippen LogP contribution is -2.46. The Hall–Kier alpha value is -0.160. The van der Waals surface area contributed by atoms with Crippen LogP contribution in [0.4, 0.5) is 0 Å². The van der Waals surface area contributed by atoms with E-state index in [-0.39, 0.29) is 6.04 Å². The molecule has 0 amide bonds. The highest BCUT2D eigenvalue weighted by Crippen LogP contribution is 2.34. The van der Waals surface area contributed by atoms with Crippen LogP contribution in [0.2, 0.25) is 0 Å². The molecular weight excluding hydrogens is 216 g/mol. The molecule has 0 spiro atoms. The number of nitrogens with two attached hydrogens (primary N) is 1. The summed E-state index contributed by atoms with van der Waals surface area (Å²) < 4.78 is 10.5. The van der Waals surface area contributed by atoms with E-state index in [1.807, 2.05) is 0 Å². The summed E-state index contributed by atoms with van der Waals surface area (Å²) >= 11 is 0. The van der Waals surface area contributed by atoms with Crippen LogP contribution in [0, 0.1) is 17.8 Å². The van der Waals surface area contributed by atoms with Gasteiger partial charge in [0, 0.05) is 13.2 Å². The summed E-state index contributed by atoms with van der Waals surface area (Å²) in [7, 11) is 1.69. The van der Waals surface area contributed by atoms with Crippen molar-refractivity contribution in [2.45, 2.75) is 39.2 Å². The van der Waals surface area contributed by atoms with Gasteiger partial charge in [-0.15, -0.1) is 0 Å². The molecule has 3 N–H and O–H groups in total. The predicted molar refractivity (Wildman–Crippen MR) is 69.5 cm³/mol.